The summed E-state index contributed by atoms with van der Waals surface area (Å²) >= 11 is 3.19. The summed E-state index contributed by atoms with van der Waals surface area (Å²) < 4.78 is 14.7. The maximum atomic E-state index is 15.7. The van der Waals surface area contributed by atoms with Crippen LogP contribution in [0.4, 0.5) is 0 Å². The van der Waals surface area contributed by atoms with E-state index in [2.05, 4.69) is 52.0 Å². The first-order chi connectivity index (χ1) is 33.2. The van der Waals surface area contributed by atoms with E-state index >= 15 is 9.59 Å². The minimum Gasteiger partial charge on any atom is -0.426 e. The Bertz CT molecular complexity index is 1820. The summed E-state index contributed by atoms with van der Waals surface area (Å²) in [6, 6.07) is 8.32. The molecule has 2 aromatic rings. The highest BCUT2D eigenvalue weighted by atomic mass is 32.1. The number of unbranched alkanes of at least 4 members (excludes halogenated alkanes) is 16. The molecule has 12 heteroatoms. The standard InChI is InChI=1S/C58H98B2N2O6S2/c1-13-17-21-25-27-31-35-43(33-29-23-19-15-3)41-61-51(45-37-39-47(69-45)59-67-57(9,10)55(5,6)65)49-50(53(61)63)52(46-38-40-48(70-46)60-68-58(11,12)56(7,8)66)62(54(49)64)42-44(34-30-24-20-16-4)36-32-28-26-22-18-14-2/h37-40,43-44,59-60,65-66H,13-36,41-42H2,1-12H3. The number of hydrogen-bond acceptors (Lipinski definition) is 8. The molecule has 0 bridgehead atoms. The SMILES string of the molecule is CCCCCCCCC(CCCCCC)CN1C(=O)C2=C(c3ccc(BOC(C)(C)C(C)(C)O)s3)N(CC(CCCCCC)CCCCCCCC)C(=O)C2=C1c1ccc(BOC(C)(C)C(C)(C)O)s1. The van der Waals surface area contributed by atoms with Gasteiger partial charge < -0.3 is 29.3 Å². The normalized spacial score (nSPS) is 15.8. The highest BCUT2D eigenvalue weighted by molar-refractivity contribution is 7.22. The van der Waals surface area contributed by atoms with Gasteiger partial charge in [0.2, 0.25) is 0 Å². The van der Waals surface area contributed by atoms with Crippen molar-refractivity contribution in [2.24, 2.45) is 11.8 Å². The number of carbonyl (C=O) groups is 2. The second kappa shape index (κ2) is 29.0. The van der Waals surface area contributed by atoms with Crippen LogP contribution in [-0.2, 0) is 18.9 Å². The molecule has 2 aliphatic rings. The molecule has 394 valence electrons. The number of hydrogen-bond donors (Lipinski definition) is 2. The van der Waals surface area contributed by atoms with Gasteiger partial charge >= 0.3 is 15.0 Å². The fourth-order valence-electron chi connectivity index (χ4n) is 9.60. The van der Waals surface area contributed by atoms with Crippen molar-refractivity contribution in [1.82, 2.24) is 9.80 Å². The smallest absolute Gasteiger partial charge is 0.319 e. The van der Waals surface area contributed by atoms with E-state index in [0.29, 0.717) is 51.0 Å². The van der Waals surface area contributed by atoms with Gasteiger partial charge in [-0.1, -0.05) is 168 Å². The van der Waals surface area contributed by atoms with Crippen LogP contribution in [0.2, 0.25) is 0 Å². The van der Waals surface area contributed by atoms with Crippen molar-refractivity contribution >= 4 is 70.4 Å². The number of carbonyl (C=O) groups excluding carboxylic acids is 2. The Morgan fingerprint density at radius 1 is 0.471 bits per heavy atom. The molecule has 0 aromatic carbocycles. The molecule has 0 aliphatic carbocycles. The third-order valence-electron chi connectivity index (χ3n) is 15.8. The Labute approximate surface area is 436 Å². The van der Waals surface area contributed by atoms with Gasteiger partial charge in [0, 0.05) is 22.6 Å². The topological polar surface area (TPSA) is 99.5 Å². The third-order valence-corrected chi connectivity index (χ3v) is 17.9. The summed E-state index contributed by atoms with van der Waals surface area (Å²) in [6.07, 6.45) is 28.5. The average Bonchev–Trinajstić information content (AvgIpc) is 4.09. The van der Waals surface area contributed by atoms with Gasteiger partial charge in [0.25, 0.3) is 11.8 Å². The van der Waals surface area contributed by atoms with Gasteiger partial charge in [0.15, 0.2) is 0 Å². The van der Waals surface area contributed by atoms with E-state index in [0.717, 1.165) is 82.1 Å². The van der Waals surface area contributed by atoms with Crippen molar-refractivity contribution in [2.75, 3.05) is 13.1 Å². The van der Waals surface area contributed by atoms with Crippen LogP contribution in [0.25, 0.3) is 11.4 Å². The zero-order valence-corrected chi connectivity index (χ0v) is 48.1. The van der Waals surface area contributed by atoms with E-state index in [1.165, 1.54) is 103 Å². The monoisotopic (exact) mass is 1000 g/mol. The molecule has 2 aliphatic heterocycles. The number of fused-ring (bicyclic) bond motifs is 1. The second-order valence-corrected chi connectivity index (χ2v) is 25.4. The lowest BCUT2D eigenvalue weighted by Crippen LogP contribution is -2.49. The molecule has 0 saturated carbocycles. The first kappa shape index (κ1) is 60.3. The zero-order valence-electron chi connectivity index (χ0n) is 46.5. The summed E-state index contributed by atoms with van der Waals surface area (Å²) in [6.45, 7) is 25.0. The number of aliphatic hydroxyl groups is 2. The quantitative estimate of drug-likeness (QED) is 0.0514. The summed E-state index contributed by atoms with van der Waals surface area (Å²) in [5, 5.41) is 21.8. The molecule has 0 radical (unpaired) electrons. The van der Waals surface area contributed by atoms with E-state index in [1.54, 1.807) is 50.4 Å². The predicted molar refractivity (Wildman–Crippen MR) is 303 cm³/mol. The van der Waals surface area contributed by atoms with E-state index in [1.807, 2.05) is 37.5 Å². The first-order valence-electron chi connectivity index (χ1n) is 28.2. The van der Waals surface area contributed by atoms with Crippen LogP contribution in [0.5, 0.6) is 0 Å². The number of rotatable bonds is 38. The van der Waals surface area contributed by atoms with E-state index < -0.39 is 22.4 Å². The Hall–Kier alpha value is -2.21. The Morgan fingerprint density at radius 2 is 0.757 bits per heavy atom. The number of amides is 2. The van der Waals surface area contributed by atoms with Crippen LogP contribution < -0.4 is 9.55 Å². The molecule has 4 heterocycles. The molecule has 2 unspecified atom stereocenters. The zero-order chi connectivity index (χ0) is 51.5. The molecule has 0 spiro atoms. The van der Waals surface area contributed by atoms with Crippen LogP contribution in [0, 0.1) is 11.8 Å². The van der Waals surface area contributed by atoms with Crippen molar-refractivity contribution in [3.05, 3.63) is 45.2 Å². The number of thiophene rings is 2. The molecule has 8 nitrogen and oxygen atoms in total. The minimum absolute atomic E-state index is 0.0588. The van der Waals surface area contributed by atoms with E-state index in [9.17, 15) is 10.2 Å². The molecule has 4 rings (SSSR count). The highest BCUT2D eigenvalue weighted by Gasteiger charge is 2.50. The number of nitrogens with zero attached hydrogens (tertiary/aromatic N) is 2. The van der Waals surface area contributed by atoms with Gasteiger partial charge in [0.1, 0.15) is 0 Å². The van der Waals surface area contributed by atoms with Gasteiger partial charge in [-0.3, -0.25) is 9.59 Å². The van der Waals surface area contributed by atoms with Crippen molar-refractivity contribution in [3.63, 3.8) is 0 Å². The molecule has 2 aromatic heterocycles. The van der Waals surface area contributed by atoms with Crippen LogP contribution in [0.15, 0.2) is 35.4 Å². The van der Waals surface area contributed by atoms with Crippen molar-refractivity contribution < 1.29 is 29.1 Å². The summed E-state index contributed by atoms with van der Waals surface area (Å²) in [7, 11) is 0.625. The maximum absolute atomic E-state index is 15.7. The molecule has 2 amide bonds. The summed E-state index contributed by atoms with van der Waals surface area (Å²) in [5.41, 5.74) is -1.07. The Balaban J connectivity index is 1.87. The van der Waals surface area contributed by atoms with Gasteiger partial charge in [-0.25, -0.2) is 0 Å². The van der Waals surface area contributed by atoms with Gasteiger partial charge in [-0.05, 0) is 105 Å². The van der Waals surface area contributed by atoms with Crippen LogP contribution in [0.3, 0.4) is 0 Å². The Morgan fingerprint density at radius 3 is 1.06 bits per heavy atom. The lowest BCUT2D eigenvalue weighted by Gasteiger charge is -2.37. The van der Waals surface area contributed by atoms with E-state index in [4.69, 9.17) is 9.31 Å². The van der Waals surface area contributed by atoms with Crippen LogP contribution in [-0.4, -0.2) is 82.3 Å². The fraction of sp³-hybridized carbons (Fsp3) is 0.759. The molecule has 2 N–H and O–H groups in total. The van der Waals surface area contributed by atoms with Crippen LogP contribution >= 0.6 is 22.7 Å². The Kier molecular flexibility index (Phi) is 25.0. The van der Waals surface area contributed by atoms with Gasteiger partial charge in [-0.2, -0.15) is 0 Å². The summed E-state index contributed by atoms with van der Waals surface area (Å²) in [4.78, 5) is 37.3. The van der Waals surface area contributed by atoms with Crippen molar-refractivity contribution in [3.8, 4) is 0 Å². The molecule has 70 heavy (non-hydrogen) atoms. The maximum Gasteiger partial charge on any atom is 0.319 e. The second-order valence-electron chi connectivity index (χ2n) is 23.1. The minimum atomic E-state index is -1.05. The average molecular weight is 1010 g/mol. The van der Waals surface area contributed by atoms with Gasteiger partial charge in [0.05, 0.1) is 54.7 Å². The molecule has 0 saturated heterocycles. The molecule has 0 fully saturated rings. The fourth-order valence-corrected chi connectivity index (χ4v) is 11.6. The third kappa shape index (κ3) is 17.5. The predicted octanol–water partition coefficient (Wildman–Crippen LogP) is 13.4. The van der Waals surface area contributed by atoms with Crippen molar-refractivity contribution in [1.29, 1.82) is 0 Å². The van der Waals surface area contributed by atoms with Gasteiger partial charge in [-0.15, -0.1) is 22.7 Å². The largest absolute Gasteiger partial charge is 0.426 e. The summed E-state index contributed by atoms with van der Waals surface area (Å²) in [5.74, 6) is 0.524. The lowest BCUT2D eigenvalue weighted by molar-refractivity contribution is -0.124. The lowest BCUT2D eigenvalue weighted by atomic mass is 9.86. The molecule has 2 atom stereocenters. The van der Waals surface area contributed by atoms with Crippen molar-refractivity contribution in [2.45, 2.75) is 260 Å². The first-order valence-corrected chi connectivity index (χ1v) is 29.9. The molecular formula is C58H98B2N2O6S2. The highest BCUT2D eigenvalue weighted by Crippen LogP contribution is 2.49. The molecular weight excluding hydrogens is 906 g/mol. The van der Waals surface area contributed by atoms with E-state index in [-0.39, 0.29) is 11.8 Å². The van der Waals surface area contributed by atoms with Crippen LogP contribution in [0.1, 0.15) is 247 Å².